The second-order valence-electron chi connectivity index (χ2n) is 5.25. The summed E-state index contributed by atoms with van der Waals surface area (Å²) in [7, 11) is 1.53. The molecule has 122 valence electrons. The quantitative estimate of drug-likeness (QED) is 0.608. The molecule has 0 aliphatic carbocycles. The Hall–Kier alpha value is -2.40. The Kier molecular flexibility index (Phi) is 5.71. The van der Waals surface area contributed by atoms with Gasteiger partial charge in [-0.25, -0.2) is 4.39 Å². The smallest absolute Gasteiger partial charge is 0.179 e. The van der Waals surface area contributed by atoms with Gasteiger partial charge in [-0.3, -0.25) is 4.79 Å². The Morgan fingerprint density at radius 1 is 1.30 bits per heavy atom. The summed E-state index contributed by atoms with van der Waals surface area (Å²) in [4.78, 5) is 12.6. The van der Waals surface area contributed by atoms with Crippen LogP contribution in [-0.4, -0.2) is 18.9 Å². The Balaban J connectivity index is 2.09. The SMILES string of the molecule is CCC(NCc1ccccc1F)C(=O)c1ccc(OC)c(N)c1. The van der Waals surface area contributed by atoms with Crippen LogP contribution >= 0.6 is 0 Å². The predicted octanol–water partition coefficient (Wildman–Crippen LogP) is 3.17. The van der Waals surface area contributed by atoms with Gasteiger partial charge in [0.15, 0.2) is 5.78 Å². The highest BCUT2D eigenvalue weighted by Crippen LogP contribution is 2.23. The molecule has 0 spiro atoms. The van der Waals surface area contributed by atoms with Crippen LogP contribution in [0.3, 0.4) is 0 Å². The lowest BCUT2D eigenvalue weighted by Crippen LogP contribution is -2.36. The molecule has 0 aromatic heterocycles. The number of nitrogen functional groups attached to an aromatic ring is 1. The maximum Gasteiger partial charge on any atom is 0.179 e. The lowest BCUT2D eigenvalue weighted by atomic mass is 10.0. The number of hydrogen-bond donors (Lipinski definition) is 2. The van der Waals surface area contributed by atoms with Gasteiger partial charge in [0.25, 0.3) is 0 Å². The molecule has 4 nitrogen and oxygen atoms in total. The van der Waals surface area contributed by atoms with Gasteiger partial charge in [-0.2, -0.15) is 0 Å². The molecule has 1 atom stereocenters. The summed E-state index contributed by atoms with van der Waals surface area (Å²) in [5.74, 6) is 0.183. The first kappa shape index (κ1) is 17.0. The molecule has 0 amide bonds. The normalized spacial score (nSPS) is 12.0. The molecular formula is C18H21FN2O2. The average Bonchev–Trinajstić information content (AvgIpc) is 2.56. The zero-order chi connectivity index (χ0) is 16.8. The van der Waals surface area contributed by atoms with Crippen LogP contribution in [0, 0.1) is 5.82 Å². The Morgan fingerprint density at radius 3 is 2.65 bits per heavy atom. The predicted molar refractivity (Wildman–Crippen MR) is 89.1 cm³/mol. The number of hydrogen-bond acceptors (Lipinski definition) is 4. The minimum Gasteiger partial charge on any atom is -0.495 e. The summed E-state index contributed by atoms with van der Waals surface area (Å²) in [5, 5.41) is 3.11. The van der Waals surface area contributed by atoms with E-state index >= 15 is 0 Å². The molecule has 5 heteroatoms. The van der Waals surface area contributed by atoms with E-state index in [4.69, 9.17) is 10.5 Å². The van der Waals surface area contributed by atoms with Gasteiger partial charge in [0, 0.05) is 17.7 Å². The largest absolute Gasteiger partial charge is 0.495 e. The fourth-order valence-corrected chi connectivity index (χ4v) is 2.39. The number of Topliss-reactive ketones (excluding diaryl/α,β-unsaturated/α-hetero) is 1. The van der Waals surface area contributed by atoms with E-state index in [9.17, 15) is 9.18 Å². The van der Waals surface area contributed by atoms with Crippen LogP contribution in [-0.2, 0) is 6.54 Å². The van der Waals surface area contributed by atoms with E-state index in [1.54, 1.807) is 36.4 Å². The van der Waals surface area contributed by atoms with Crippen molar-refractivity contribution in [2.24, 2.45) is 0 Å². The van der Waals surface area contributed by atoms with Crippen molar-refractivity contribution in [1.82, 2.24) is 5.32 Å². The van der Waals surface area contributed by atoms with Crippen LogP contribution in [0.4, 0.5) is 10.1 Å². The highest BCUT2D eigenvalue weighted by Gasteiger charge is 2.19. The monoisotopic (exact) mass is 316 g/mol. The van der Waals surface area contributed by atoms with Crippen molar-refractivity contribution in [3.05, 3.63) is 59.4 Å². The molecule has 0 fully saturated rings. The molecule has 0 aliphatic rings. The standard InChI is InChI=1S/C18H21FN2O2/c1-3-16(21-11-13-6-4-5-7-14(13)19)18(22)12-8-9-17(23-2)15(20)10-12/h4-10,16,21H,3,11,20H2,1-2H3. The Bertz CT molecular complexity index is 688. The second-order valence-corrected chi connectivity index (χ2v) is 5.25. The third kappa shape index (κ3) is 4.07. The van der Waals surface area contributed by atoms with Crippen molar-refractivity contribution >= 4 is 11.5 Å². The number of carbonyl (C=O) groups is 1. The maximum absolute atomic E-state index is 13.6. The number of nitrogens with two attached hydrogens (primary N) is 1. The fraction of sp³-hybridized carbons (Fsp3) is 0.278. The molecule has 0 bridgehead atoms. The number of ketones is 1. The van der Waals surface area contributed by atoms with Crippen LogP contribution < -0.4 is 15.8 Å². The Labute approximate surface area is 135 Å². The minimum absolute atomic E-state index is 0.0711. The number of methoxy groups -OCH3 is 1. The molecule has 0 heterocycles. The topological polar surface area (TPSA) is 64.3 Å². The zero-order valence-corrected chi connectivity index (χ0v) is 13.3. The average molecular weight is 316 g/mol. The van der Waals surface area contributed by atoms with Crippen LogP contribution in [0.2, 0.25) is 0 Å². The van der Waals surface area contributed by atoms with Gasteiger partial charge in [-0.1, -0.05) is 25.1 Å². The van der Waals surface area contributed by atoms with E-state index in [1.165, 1.54) is 13.2 Å². The number of carbonyl (C=O) groups excluding carboxylic acids is 1. The van der Waals surface area contributed by atoms with Crippen molar-refractivity contribution < 1.29 is 13.9 Å². The summed E-state index contributed by atoms with van der Waals surface area (Å²) < 4.78 is 18.7. The van der Waals surface area contributed by atoms with Gasteiger partial charge >= 0.3 is 0 Å². The number of ether oxygens (including phenoxy) is 1. The summed E-state index contributed by atoms with van der Waals surface area (Å²) >= 11 is 0. The van der Waals surface area contributed by atoms with Crippen LogP contribution in [0.5, 0.6) is 5.75 Å². The molecule has 0 aliphatic heterocycles. The third-order valence-electron chi connectivity index (χ3n) is 3.74. The van der Waals surface area contributed by atoms with Crippen LogP contribution in [0.15, 0.2) is 42.5 Å². The molecule has 2 rings (SSSR count). The number of benzene rings is 2. The van der Waals surface area contributed by atoms with Crippen molar-refractivity contribution in [1.29, 1.82) is 0 Å². The molecule has 0 saturated carbocycles. The molecule has 23 heavy (non-hydrogen) atoms. The first-order valence-corrected chi connectivity index (χ1v) is 7.51. The number of halogens is 1. The summed E-state index contributed by atoms with van der Waals surface area (Å²) in [6.45, 7) is 2.20. The summed E-state index contributed by atoms with van der Waals surface area (Å²) in [5.41, 5.74) is 7.31. The van der Waals surface area contributed by atoms with Crippen LogP contribution in [0.25, 0.3) is 0 Å². The highest BCUT2D eigenvalue weighted by atomic mass is 19.1. The van der Waals surface area contributed by atoms with E-state index in [0.29, 0.717) is 35.5 Å². The van der Waals surface area contributed by atoms with E-state index in [0.717, 1.165) is 0 Å². The Morgan fingerprint density at radius 2 is 2.04 bits per heavy atom. The van der Waals surface area contributed by atoms with Gasteiger partial charge in [-0.15, -0.1) is 0 Å². The lowest BCUT2D eigenvalue weighted by Gasteiger charge is -2.17. The molecule has 3 N–H and O–H groups in total. The van der Waals surface area contributed by atoms with Gasteiger partial charge in [-0.05, 0) is 30.7 Å². The van der Waals surface area contributed by atoms with E-state index < -0.39 is 6.04 Å². The maximum atomic E-state index is 13.6. The first-order valence-electron chi connectivity index (χ1n) is 7.51. The number of nitrogens with one attached hydrogen (secondary N) is 1. The summed E-state index contributed by atoms with van der Waals surface area (Å²) in [6, 6.07) is 11.1. The van der Waals surface area contributed by atoms with Crippen molar-refractivity contribution in [3.63, 3.8) is 0 Å². The van der Waals surface area contributed by atoms with Gasteiger partial charge < -0.3 is 15.8 Å². The van der Waals surface area contributed by atoms with Gasteiger partial charge in [0.1, 0.15) is 11.6 Å². The lowest BCUT2D eigenvalue weighted by molar-refractivity contribution is 0.0939. The summed E-state index contributed by atoms with van der Waals surface area (Å²) in [6.07, 6.45) is 0.596. The molecule has 0 saturated heterocycles. The molecule has 1 unspecified atom stereocenters. The van der Waals surface area contributed by atoms with Gasteiger partial charge in [0.2, 0.25) is 0 Å². The minimum atomic E-state index is -0.401. The van der Waals surface area contributed by atoms with Crippen molar-refractivity contribution in [2.45, 2.75) is 25.9 Å². The van der Waals surface area contributed by atoms with E-state index in [2.05, 4.69) is 5.32 Å². The number of anilines is 1. The molecule has 0 radical (unpaired) electrons. The van der Waals surface area contributed by atoms with E-state index in [-0.39, 0.29) is 11.6 Å². The molecule has 2 aromatic rings. The third-order valence-corrected chi connectivity index (χ3v) is 3.74. The van der Waals surface area contributed by atoms with E-state index in [1.807, 2.05) is 6.92 Å². The second kappa shape index (κ2) is 7.74. The van der Waals surface area contributed by atoms with Crippen molar-refractivity contribution in [3.8, 4) is 5.75 Å². The van der Waals surface area contributed by atoms with Crippen molar-refractivity contribution in [2.75, 3.05) is 12.8 Å². The first-order chi connectivity index (χ1) is 11.1. The zero-order valence-electron chi connectivity index (χ0n) is 13.3. The number of rotatable bonds is 7. The molecular weight excluding hydrogens is 295 g/mol. The fourth-order valence-electron chi connectivity index (χ4n) is 2.39. The van der Waals surface area contributed by atoms with Gasteiger partial charge in [0.05, 0.1) is 18.8 Å². The highest BCUT2D eigenvalue weighted by molar-refractivity contribution is 6.01. The van der Waals surface area contributed by atoms with Crippen LogP contribution in [0.1, 0.15) is 29.3 Å². The molecule has 2 aromatic carbocycles.